The third-order valence-electron chi connectivity index (χ3n) is 3.43. The summed E-state index contributed by atoms with van der Waals surface area (Å²) in [6, 6.07) is 12.9. The number of fused-ring (bicyclic) bond motifs is 1. The fraction of sp³-hybridized carbons (Fsp3) is 0.438. The average Bonchev–Trinajstić information content (AvgIpc) is 2.43. The van der Waals surface area contributed by atoms with Crippen LogP contribution in [0.4, 0.5) is 0 Å². The average molecular weight is 277 g/mol. The van der Waals surface area contributed by atoms with E-state index >= 15 is 0 Å². The molecule has 3 heteroatoms. The number of para-hydroxylation sites is 1. The van der Waals surface area contributed by atoms with Gasteiger partial charge < -0.3 is 5.32 Å². The molecule has 1 unspecified atom stereocenters. The molecule has 19 heavy (non-hydrogen) atoms. The first-order chi connectivity index (χ1) is 9.20. The highest BCUT2D eigenvalue weighted by molar-refractivity contribution is 6.17. The van der Waals surface area contributed by atoms with Gasteiger partial charge in [0.1, 0.15) is 0 Å². The number of alkyl halides is 1. The molecule has 0 spiro atoms. The minimum atomic E-state index is 0.450. The van der Waals surface area contributed by atoms with Gasteiger partial charge in [0.25, 0.3) is 0 Å². The Balaban J connectivity index is 2.04. The van der Waals surface area contributed by atoms with Gasteiger partial charge in [-0.1, -0.05) is 38.1 Å². The maximum absolute atomic E-state index is 5.84. The molecule has 0 fully saturated rings. The van der Waals surface area contributed by atoms with Gasteiger partial charge in [0.05, 0.1) is 11.2 Å². The molecule has 1 heterocycles. The Bertz CT molecular complexity index is 525. The topological polar surface area (TPSA) is 24.9 Å². The predicted molar refractivity (Wildman–Crippen MR) is 82.5 cm³/mol. The number of rotatable bonds is 6. The van der Waals surface area contributed by atoms with Gasteiger partial charge in [-0.3, -0.25) is 4.98 Å². The van der Waals surface area contributed by atoms with Crippen LogP contribution in [0.15, 0.2) is 36.4 Å². The van der Waals surface area contributed by atoms with Crippen molar-refractivity contribution >= 4 is 22.5 Å². The lowest BCUT2D eigenvalue weighted by atomic mass is 10.0. The Morgan fingerprint density at radius 1 is 1.16 bits per heavy atom. The van der Waals surface area contributed by atoms with Gasteiger partial charge in [-0.2, -0.15) is 0 Å². The summed E-state index contributed by atoms with van der Waals surface area (Å²) in [6.45, 7) is 5.24. The van der Waals surface area contributed by atoms with Gasteiger partial charge in [0.2, 0.25) is 0 Å². The molecule has 2 nitrogen and oxygen atoms in total. The lowest BCUT2D eigenvalue weighted by Gasteiger charge is -2.21. The molecule has 0 saturated carbocycles. The van der Waals surface area contributed by atoms with Crippen LogP contribution in [-0.4, -0.2) is 16.9 Å². The molecule has 0 amide bonds. The van der Waals surface area contributed by atoms with Crippen LogP contribution in [-0.2, 0) is 6.54 Å². The minimum absolute atomic E-state index is 0.450. The normalized spacial score (nSPS) is 13.1. The Labute approximate surface area is 120 Å². The molecule has 0 aliphatic heterocycles. The molecule has 0 saturated heterocycles. The van der Waals surface area contributed by atoms with Gasteiger partial charge in [-0.25, -0.2) is 0 Å². The van der Waals surface area contributed by atoms with Crippen LogP contribution < -0.4 is 5.32 Å². The Hall–Kier alpha value is -1.12. The van der Waals surface area contributed by atoms with E-state index in [1.165, 1.54) is 5.39 Å². The predicted octanol–water partition coefficient (Wildman–Crippen LogP) is 3.98. The maximum atomic E-state index is 5.84. The summed E-state index contributed by atoms with van der Waals surface area (Å²) >= 11 is 5.84. The number of benzene rings is 1. The maximum Gasteiger partial charge on any atom is 0.0705 e. The fourth-order valence-electron chi connectivity index (χ4n) is 2.23. The zero-order valence-electron chi connectivity index (χ0n) is 11.6. The van der Waals surface area contributed by atoms with Crippen molar-refractivity contribution in [1.29, 1.82) is 0 Å². The van der Waals surface area contributed by atoms with E-state index in [9.17, 15) is 0 Å². The monoisotopic (exact) mass is 276 g/mol. The molecule has 0 aliphatic carbocycles. The van der Waals surface area contributed by atoms with Crippen molar-refractivity contribution in [3.8, 4) is 0 Å². The summed E-state index contributed by atoms with van der Waals surface area (Å²) in [5, 5.41) is 4.74. The van der Waals surface area contributed by atoms with Crippen molar-refractivity contribution in [2.24, 2.45) is 5.92 Å². The molecular weight excluding hydrogens is 256 g/mol. The Kier molecular flexibility index (Phi) is 5.17. The van der Waals surface area contributed by atoms with Crippen LogP contribution in [0.2, 0.25) is 0 Å². The van der Waals surface area contributed by atoms with Crippen LogP contribution in [0.1, 0.15) is 26.0 Å². The first-order valence-electron chi connectivity index (χ1n) is 6.84. The molecule has 0 aliphatic rings. The van der Waals surface area contributed by atoms with E-state index in [0.717, 1.165) is 24.2 Å². The third kappa shape index (κ3) is 3.92. The molecule has 0 radical (unpaired) electrons. The first-order valence-corrected chi connectivity index (χ1v) is 7.38. The van der Waals surface area contributed by atoms with E-state index in [-0.39, 0.29) is 0 Å². The zero-order valence-corrected chi connectivity index (χ0v) is 12.3. The number of pyridine rings is 1. The minimum Gasteiger partial charge on any atom is -0.308 e. The smallest absolute Gasteiger partial charge is 0.0705 e. The first kappa shape index (κ1) is 14.3. The molecule has 1 aromatic carbocycles. The van der Waals surface area contributed by atoms with E-state index in [1.807, 2.05) is 12.1 Å². The van der Waals surface area contributed by atoms with E-state index in [4.69, 9.17) is 11.6 Å². The van der Waals surface area contributed by atoms with Gasteiger partial charge in [-0.05, 0) is 24.5 Å². The van der Waals surface area contributed by atoms with Crippen molar-refractivity contribution in [2.45, 2.75) is 32.9 Å². The lowest BCUT2D eigenvalue weighted by molar-refractivity contribution is 0.387. The van der Waals surface area contributed by atoms with Crippen molar-refractivity contribution in [3.05, 3.63) is 42.1 Å². The highest BCUT2D eigenvalue weighted by atomic mass is 35.5. The van der Waals surface area contributed by atoms with Crippen LogP contribution in [0.3, 0.4) is 0 Å². The van der Waals surface area contributed by atoms with Crippen molar-refractivity contribution < 1.29 is 0 Å². The van der Waals surface area contributed by atoms with E-state index < -0.39 is 0 Å². The van der Waals surface area contributed by atoms with Crippen molar-refractivity contribution in [1.82, 2.24) is 10.3 Å². The molecular formula is C16H21ClN2. The number of nitrogens with zero attached hydrogens (tertiary/aromatic N) is 1. The molecule has 2 aromatic rings. The standard InChI is InChI=1S/C16H21ClN2/c1-12(2)15(9-10-17)18-11-14-8-7-13-5-3-4-6-16(13)19-14/h3-8,12,15,18H,9-11H2,1-2H3. The summed E-state index contributed by atoms with van der Waals surface area (Å²) in [7, 11) is 0. The van der Waals surface area contributed by atoms with Gasteiger partial charge in [0.15, 0.2) is 0 Å². The second kappa shape index (κ2) is 6.88. The van der Waals surface area contributed by atoms with Gasteiger partial charge in [-0.15, -0.1) is 11.6 Å². The van der Waals surface area contributed by atoms with E-state index in [2.05, 4.69) is 48.4 Å². The highest BCUT2D eigenvalue weighted by Gasteiger charge is 2.12. The number of halogens is 1. The molecule has 1 atom stereocenters. The lowest BCUT2D eigenvalue weighted by Crippen LogP contribution is -2.34. The number of nitrogens with one attached hydrogen (secondary N) is 1. The largest absolute Gasteiger partial charge is 0.308 e. The molecule has 1 aromatic heterocycles. The third-order valence-corrected chi connectivity index (χ3v) is 3.64. The second-order valence-electron chi connectivity index (χ2n) is 5.20. The SMILES string of the molecule is CC(C)C(CCCl)NCc1ccc2ccccc2n1. The molecule has 0 bridgehead atoms. The summed E-state index contributed by atoms with van der Waals surface area (Å²) in [4.78, 5) is 4.67. The highest BCUT2D eigenvalue weighted by Crippen LogP contribution is 2.13. The number of hydrogen-bond donors (Lipinski definition) is 1. The zero-order chi connectivity index (χ0) is 13.7. The van der Waals surface area contributed by atoms with Crippen LogP contribution in [0, 0.1) is 5.92 Å². The summed E-state index contributed by atoms with van der Waals surface area (Å²) < 4.78 is 0. The fourth-order valence-corrected chi connectivity index (χ4v) is 2.47. The van der Waals surface area contributed by atoms with Crippen LogP contribution >= 0.6 is 11.6 Å². The molecule has 1 N–H and O–H groups in total. The Morgan fingerprint density at radius 3 is 2.68 bits per heavy atom. The Morgan fingerprint density at radius 2 is 1.95 bits per heavy atom. The van der Waals surface area contributed by atoms with Crippen molar-refractivity contribution in [3.63, 3.8) is 0 Å². The number of hydrogen-bond acceptors (Lipinski definition) is 2. The van der Waals surface area contributed by atoms with Gasteiger partial charge >= 0.3 is 0 Å². The van der Waals surface area contributed by atoms with Crippen LogP contribution in [0.25, 0.3) is 10.9 Å². The molecule has 2 rings (SSSR count). The summed E-state index contributed by atoms with van der Waals surface area (Å²) in [5.41, 5.74) is 2.14. The van der Waals surface area contributed by atoms with E-state index in [0.29, 0.717) is 17.8 Å². The second-order valence-corrected chi connectivity index (χ2v) is 5.58. The quantitative estimate of drug-likeness (QED) is 0.808. The van der Waals surface area contributed by atoms with Gasteiger partial charge in [0, 0.05) is 23.9 Å². The van der Waals surface area contributed by atoms with Crippen molar-refractivity contribution in [2.75, 3.05) is 5.88 Å². The summed E-state index contributed by atoms with van der Waals surface area (Å²) in [5.74, 6) is 1.28. The summed E-state index contributed by atoms with van der Waals surface area (Å²) in [6.07, 6.45) is 0.993. The number of aromatic nitrogens is 1. The molecule has 102 valence electrons. The van der Waals surface area contributed by atoms with Crippen LogP contribution in [0.5, 0.6) is 0 Å². The van der Waals surface area contributed by atoms with E-state index in [1.54, 1.807) is 0 Å².